The largest absolute Gasteiger partial charge is 0.380 e. The second-order valence-corrected chi connectivity index (χ2v) is 6.58. The van der Waals surface area contributed by atoms with Crippen molar-refractivity contribution in [3.8, 4) is 0 Å². The van der Waals surface area contributed by atoms with Gasteiger partial charge in [-0.15, -0.1) is 0 Å². The molecule has 0 radical (unpaired) electrons. The average Bonchev–Trinajstić information content (AvgIpc) is 2.24. The zero-order chi connectivity index (χ0) is 12.5. The van der Waals surface area contributed by atoms with Gasteiger partial charge in [0.05, 0.1) is 18.2 Å². The molecule has 0 aromatic carbocycles. The Balaban J connectivity index is 2.12. The normalized spacial score (nSPS) is 18.7. The van der Waals surface area contributed by atoms with Gasteiger partial charge in [-0.05, 0) is 6.07 Å². The molecule has 1 aliphatic heterocycles. The molecule has 0 unspecified atom stereocenters. The monoisotopic (exact) mass is 276 g/mol. The molecular weight excluding hydrogens is 264 g/mol. The molecule has 1 saturated heterocycles. The van der Waals surface area contributed by atoms with Crippen LogP contribution in [0.25, 0.3) is 0 Å². The summed E-state index contributed by atoms with van der Waals surface area (Å²) >= 11 is 5.82. The Hall–Kier alpha value is -0.690. The van der Waals surface area contributed by atoms with Gasteiger partial charge >= 0.3 is 0 Å². The highest BCUT2D eigenvalue weighted by molar-refractivity contribution is 7.89. The molecule has 0 saturated carbocycles. The third-order valence-electron chi connectivity index (χ3n) is 2.61. The van der Waals surface area contributed by atoms with Gasteiger partial charge in [0.15, 0.2) is 0 Å². The van der Waals surface area contributed by atoms with Crippen LogP contribution in [0.4, 0.5) is 0 Å². The Kier molecular flexibility index (Phi) is 3.40. The topological polar surface area (TPSA) is 68.3 Å². The fourth-order valence-electron chi connectivity index (χ4n) is 1.46. The molecule has 0 bridgehead atoms. The quantitative estimate of drug-likeness (QED) is 0.893. The number of halogens is 1. The minimum atomic E-state index is -3.60. The zero-order valence-electron chi connectivity index (χ0n) is 9.31. The summed E-state index contributed by atoms with van der Waals surface area (Å²) in [6.45, 7) is 3.43. The molecule has 0 spiro atoms. The Morgan fingerprint density at radius 1 is 1.59 bits per heavy atom. The third-order valence-corrected chi connectivity index (χ3v) is 4.48. The second-order valence-electron chi connectivity index (χ2n) is 4.43. The number of nitrogens with zero attached hydrogens (tertiary/aromatic N) is 1. The second kappa shape index (κ2) is 4.53. The van der Waals surface area contributed by atoms with Crippen LogP contribution in [-0.2, 0) is 14.8 Å². The van der Waals surface area contributed by atoms with Crippen molar-refractivity contribution in [3.63, 3.8) is 0 Å². The van der Waals surface area contributed by atoms with Gasteiger partial charge in [-0.1, -0.05) is 18.5 Å². The minimum Gasteiger partial charge on any atom is -0.380 e. The lowest BCUT2D eigenvalue weighted by atomic mass is 9.89. The molecule has 2 heterocycles. The Labute approximate surface area is 105 Å². The van der Waals surface area contributed by atoms with E-state index in [4.69, 9.17) is 16.3 Å². The van der Waals surface area contributed by atoms with E-state index < -0.39 is 10.0 Å². The number of hydrogen-bond acceptors (Lipinski definition) is 4. The SMILES string of the molecule is CC1(CNS(=O)(=O)c2cnccc2Cl)COC1. The van der Waals surface area contributed by atoms with E-state index >= 15 is 0 Å². The molecule has 1 N–H and O–H groups in total. The summed E-state index contributed by atoms with van der Waals surface area (Å²) in [6.07, 6.45) is 2.69. The summed E-state index contributed by atoms with van der Waals surface area (Å²) in [4.78, 5) is 3.77. The number of nitrogens with one attached hydrogen (secondary N) is 1. The molecule has 1 aliphatic rings. The number of aromatic nitrogens is 1. The van der Waals surface area contributed by atoms with Crippen LogP contribution in [0.15, 0.2) is 23.4 Å². The van der Waals surface area contributed by atoms with E-state index in [0.717, 1.165) is 0 Å². The van der Waals surface area contributed by atoms with Crippen LogP contribution in [0.1, 0.15) is 6.92 Å². The number of sulfonamides is 1. The van der Waals surface area contributed by atoms with E-state index in [-0.39, 0.29) is 15.3 Å². The van der Waals surface area contributed by atoms with Gasteiger partial charge < -0.3 is 4.74 Å². The molecule has 0 atom stereocenters. The maximum atomic E-state index is 12.0. The maximum Gasteiger partial charge on any atom is 0.243 e. The molecule has 17 heavy (non-hydrogen) atoms. The van der Waals surface area contributed by atoms with Gasteiger partial charge in [0.25, 0.3) is 0 Å². The predicted octanol–water partition coefficient (Wildman–Crippen LogP) is 1.05. The van der Waals surface area contributed by atoms with E-state index in [2.05, 4.69) is 9.71 Å². The predicted molar refractivity (Wildman–Crippen MR) is 63.4 cm³/mol. The van der Waals surface area contributed by atoms with Crippen LogP contribution in [0, 0.1) is 5.41 Å². The fraction of sp³-hybridized carbons (Fsp3) is 0.500. The Morgan fingerprint density at radius 3 is 2.82 bits per heavy atom. The van der Waals surface area contributed by atoms with Crippen molar-refractivity contribution in [2.75, 3.05) is 19.8 Å². The van der Waals surface area contributed by atoms with Crippen LogP contribution in [0.3, 0.4) is 0 Å². The first-order valence-electron chi connectivity index (χ1n) is 5.10. The molecule has 1 aromatic rings. The first-order chi connectivity index (χ1) is 7.93. The summed E-state index contributed by atoms with van der Waals surface area (Å²) in [5.74, 6) is 0. The van der Waals surface area contributed by atoms with Crippen molar-refractivity contribution < 1.29 is 13.2 Å². The van der Waals surface area contributed by atoms with E-state index in [0.29, 0.717) is 19.8 Å². The summed E-state index contributed by atoms with van der Waals surface area (Å²) in [7, 11) is -3.60. The van der Waals surface area contributed by atoms with Crippen molar-refractivity contribution in [3.05, 3.63) is 23.5 Å². The number of hydrogen-bond donors (Lipinski definition) is 1. The van der Waals surface area contributed by atoms with Crippen molar-refractivity contribution in [1.29, 1.82) is 0 Å². The highest BCUT2D eigenvalue weighted by Gasteiger charge is 2.34. The molecule has 7 heteroatoms. The summed E-state index contributed by atoms with van der Waals surface area (Å²) in [5, 5.41) is 0.169. The van der Waals surface area contributed by atoms with E-state index in [1.807, 2.05) is 6.92 Å². The van der Waals surface area contributed by atoms with Crippen LogP contribution in [0.5, 0.6) is 0 Å². The van der Waals surface area contributed by atoms with Crippen LogP contribution in [0.2, 0.25) is 5.02 Å². The molecule has 94 valence electrons. The van der Waals surface area contributed by atoms with Crippen LogP contribution in [-0.4, -0.2) is 33.2 Å². The first kappa shape index (κ1) is 12.8. The Bertz CT molecular complexity index is 514. The van der Waals surface area contributed by atoms with Gasteiger partial charge in [0.1, 0.15) is 4.90 Å². The lowest BCUT2D eigenvalue weighted by Crippen LogP contribution is -2.48. The molecule has 0 amide bonds. The van der Waals surface area contributed by atoms with Gasteiger partial charge in [-0.25, -0.2) is 13.1 Å². The molecule has 5 nitrogen and oxygen atoms in total. The lowest BCUT2D eigenvalue weighted by Gasteiger charge is -2.37. The highest BCUT2D eigenvalue weighted by Crippen LogP contribution is 2.26. The molecule has 0 aliphatic carbocycles. The van der Waals surface area contributed by atoms with Gasteiger partial charge in [-0.3, -0.25) is 4.98 Å². The van der Waals surface area contributed by atoms with Crippen molar-refractivity contribution in [2.45, 2.75) is 11.8 Å². The van der Waals surface area contributed by atoms with E-state index in [1.165, 1.54) is 18.5 Å². The van der Waals surface area contributed by atoms with Gasteiger partial charge in [0, 0.05) is 24.4 Å². The molecule has 1 aromatic heterocycles. The maximum absolute atomic E-state index is 12.0. The fourth-order valence-corrected chi connectivity index (χ4v) is 3.09. The van der Waals surface area contributed by atoms with Crippen molar-refractivity contribution in [1.82, 2.24) is 9.71 Å². The minimum absolute atomic E-state index is 0.00510. The van der Waals surface area contributed by atoms with Crippen molar-refractivity contribution >= 4 is 21.6 Å². The molecular formula is C10H13ClN2O3S. The molecule has 2 rings (SSSR count). The van der Waals surface area contributed by atoms with E-state index in [1.54, 1.807) is 0 Å². The van der Waals surface area contributed by atoms with Gasteiger partial charge in [-0.2, -0.15) is 0 Å². The first-order valence-corrected chi connectivity index (χ1v) is 6.96. The number of ether oxygens (including phenoxy) is 1. The van der Waals surface area contributed by atoms with Crippen molar-refractivity contribution in [2.24, 2.45) is 5.41 Å². The Morgan fingerprint density at radius 2 is 2.29 bits per heavy atom. The van der Waals surface area contributed by atoms with Crippen LogP contribution >= 0.6 is 11.6 Å². The standard InChI is InChI=1S/C10H13ClN2O3S/c1-10(6-16-7-10)5-13-17(14,15)9-4-12-3-2-8(9)11/h2-4,13H,5-7H2,1H3. The van der Waals surface area contributed by atoms with E-state index in [9.17, 15) is 8.42 Å². The lowest BCUT2D eigenvalue weighted by molar-refractivity contribution is -0.0965. The third kappa shape index (κ3) is 2.77. The highest BCUT2D eigenvalue weighted by atomic mass is 35.5. The average molecular weight is 277 g/mol. The summed E-state index contributed by atoms with van der Waals surface area (Å²) in [6, 6.07) is 1.45. The molecule has 1 fully saturated rings. The van der Waals surface area contributed by atoms with Crippen LogP contribution < -0.4 is 4.72 Å². The number of pyridine rings is 1. The summed E-state index contributed by atoms with van der Waals surface area (Å²) < 4.78 is 31.5. The smallest absolute Gasteiger partial charge is 0.243 e. The number of rotatable bonds is 4. The van der Waals surface area contributed by atoms with Gasteiger partial charge in [0.2, 0.25) is 10.0 Å². The summed E-state index contributed by atoms with van der Waals surface area (Å²) in [5.41, 5.74) is -0.123. The zero-order valence-corrected chi connectivity index (χ0v) is 10.9.